The number of amides is 1. The minimum absolute atomic E-state index is 0.202. The van der Waals surface area contributed by atoms with Gasteiger partial charge in [-0.1, -0.05) is 30.3 Å². The first-order valence-electron chi connectivity index (χ1n) is 9.41. The zero-order valence-corrected chi connectivity index (χ0v) is 17.1. The van der Waals surface area contributed by atoms with Gasteiger partial charge in [-0.05, 0) is 36.6 Å². The number of pyridine rings is 1. The van der Waals surface area contributed by atoms with Crippen molar-refractivity contribution < 1.29 is 4.79 Å². The van der Waals surface area contributed by atoms with E-state index in [0.29, 0.717) is 16.3 Å². The number of carbonyl (C=O) groups excluding carboxylic acids is 1. The lowest BCUT2D eigenvalue weighted by Gasteiger charge is -2.19. The van der Waals surface area contributed by atoms with E-state index in [-0.39, 0.29) is 17.5 Å². The minimum atomic E-state index is -0.238. The molecule has 29 heavy (non-hydrogen) atoms. The monoisotopic (exact) mass is 406 g/mol. The molecule has 1 atom stereocenters. The molecule has 0 spiro atoms. The normalized spacial score (nSPS) is 12.3. The van der Waals surface area contributed by atoms with Crippen LogP contribution in [0.2, 0.25) is 0 Å². The topological polar surface area (TPSA) is 79.8 Å². The number of thioether (sulfide) groups is 1. The number of hydrogen-bond acceptors (Lipinski definition) is 4. The molecule has 4 rings (SSSR count). The quantitative estimate of drug-likeness (QED) is 0.512. The van der Waals surface area contributed by atoms with Crippen LogP contribution in [0.3, 0.4) is 0 Å². The number of aromatic amines is 1. The van der Waals surface area contributed by atoms with Crippen molar-refractivity contribution in [2.45, 2.75) is 12.5 Å². The van der Waals surface area contributed by atoms with E-state index in [1.165, 1.54) is 6.20 Å². The fourth-order valence-electron chi connectivity index (χ4n) is 3.61. The second-order valence-electron chi connectivity index (χ2n) is 6.90. The third-order valence-electron chi connectivity index (χ3n) is 5.10. The molecule has 1 amide bonds. The number of aryl methyl sites for hydroxylation is 1. The molecule has 0 saturated carbocycles. The second-order valence-corrected chi connectivity index (χ2v) is 7.89. The number of fused-ring (bicyclic) bond motifs is 2. The van der Waals surface area contributed by atoms with Gasteiger partial charge in [0, 0.05) is 24.0 Å². The van der Waals surface area contributed by atoms with Gasteiger partial charge in [0.2, 0.25) is 0 Å². The lowest BCUT2D eigenvalue weighted by atomic mass is 10.1. The first kappa shape index (κ1) is 19.3. The number of imidazole rings is 1. The van der Waals surface area contributed by atoms with E-state index in [9.17, 15) is 9.59 Å². The molecule has 0 aliphatic heterocycles. The molecule has 0 radical (unpaired) electrons. The summed E-state index contributed by atoms with van der Waals surface area (Å²) in [7, 11) is 1.97. The van der Waals surface area contributed by atoms with Crippen LogP contribution in [-0.2, 0) is 7.05 Å². The van der Waals surface area contributed by atoms with Gasteiger partial charge in [-0.3, -0.25) is 9.59 Å². The summed E-state index contributed by atoms with van der Waals surface area (Å²) in [6.07, 6.45) is 4.29. The lowest BCUT2D eigenvalue weighted by Crippen LogP contribution is -2.31. The summed E-state index contributed by atoms with van der Waals surface area (Å²) in [5.74, 6) is 1.48. The van der Waals surface area contributed by atoms with Crippen molar-refractivity contribution in [2.24, 2.45) is 7.05 Å². The highest BCUT2D eigenvalue weighted by Gasteiger charge is 2.22. The Hall–Kier alpha value is -3.06. The van der Waals surface area contributed by atoms with Crippen molar-refractivity contribution in [1.29, 1.82) is 0 Å². The van der Waals surface area contributed by atoms with Gasteiger partial charge >= 0.3 is 0 Å². The highest BCUT2D eigenvalue weighted by atomic mass is 32.2. The molecule has 2 N–H and O–H groups in total. The Bertz CT molecular complexity index is 1240. The van der Waals surface area contributed by atoms with Gasteiger partial charge in [0.15, 0.2) is 0 Å². The largest absolute Gasteiger partial charge is 0.342 e. The predicted molar refractivity (Wildman–Crippen MR) is 118 cm³/mol. The molecule has 0 unspecified atom stereocenters. The third kappa shape index (κ3) is 3.65. The first-order valence-corrected chi connectivity index (χ1v) is 10.8. The summed E-state index contributed by atoms with van der Waals surface area (Å²) >= 11 is 1.73. The minimum Gasteiger partial charge on any atom is -0.342 e. The maximum atomic E-state index is 13.2. The van der Waals surface area contributed by atoms with Crippen LogP contribution >= 0.6 is 11.8 Å². The van der Waals surface area contributed by atoms with E-state index in [1.54, 1.807) is 30.0 Å². The van der Waals surface area contributed by atoms with E-state index >= 15 is 0 Å². The molecule has 0 aliphatic rings. The molecule has 148 valence electrons. The molecule has 0 saturated heterocycles. The Morgan fingerprint density at radius 2 is 1.90 bits per heavy atom. The van der Waals surface area contributed by atoms with Crippen LogP contribution in [-0.4, -0.2) is 32.5 Å². The van der Waals surface area contributed by atoms with Crippen LogP contribution in [0.1, 0.15) is 28.6 Å². The van der Waals surface area contributed by atoms with Crippen LogP contribution in [0.5, 0.6) is 0 Å². The molecule has 2 aromatic heterocycles. The number of rotatable bonds is 6. The smallest absolute Gasteiger partial charge is 0.255 e. The van der Waals surface area contributed by atoms with E-state index in [0.717, 1.165) is 29.0 Å². The number of carbonyl (C=O) groups is 1. The second kappa shape index (κ2) is 8.13. The Labute approximate surface area is 172 Å². The Kier molecular flexibility index (Phi) is 5.40. The van der Waals surface area contributed by atoms with E-state index in [4.69, 9.17) is 4.98 Å². The van der Waals surface area contributed by atoms with E-state index in [2.05, 4.69) is 10.3 Å². The van der Waals surface area contributed by atoms with Crippen LogP contribution in [0, 0.1) is 0 Å². The molecular weight excluding hydrogens is 384 g/mol. The van der Waals surface area contributed by atoms with Crippen LogP contribution in [0.15, 0.2) is 59.5 Å². The summed E-state index contributed by atoms with van der Waals surface area (Å²) < 4.78 is 2.03. The predicted octanol–water partition coefficient (Wildman–Crippen LogP) is 3.64. The molecule has 4 aromatic rings. The van der Waals surface area contributed by atoms with Crippen molar-refractivity contribution in [3.63, 3.8) is 0 Å². The van der Waals surface area contributed by atoms with Crippen LogP contribution in [0.4, 0.5) is 0 Å². The zero-order chi connectivity index (χ0) is 20.4. The van der Waals surface area contributed by atoms with E-state index in [1.807, 2.05) is 48.2 Å². The Morgan fingerprint density at radius 3 is 2.66 bits per heavy atom. The summed E-state index contributed by atoms with van der Waals surface area (Å²) in [6.45, 7) is 0. The standard InChI is InChI=1S/C22H22N4O2S/c1-26-19-10-6-5-9-17(19)24-20(26)18(11-12-29-2)25-22(28)16-13-23-21(27)15-8-4-3-7-14(15)16/h3-10,13,18H,11-12H2,1-2H3,(H,23,27)(H,25,28)/t18-/m1/s1. The highest BCUT2D eigenvalue weighted by molar-refractivity contribution is 7.98. The number of H-pyrrole nitrogens is 1. The summed E-state index contributed by atoms with van der Waals surface area (Å²) in [5.41, 5.74) is 2.18. The van der Waals surface area contributed by atoms with Crippen molar-refractivity contribution in [1.82, 2.24) is 19.9 Å². The van der Waals surface area contributed by atoms with Crippen LogP contribution < -0.4 is 10.9 Å². The molecule has 0 bridgehead atoms. The SMILES string of the molecule is CSCC[C@@H](NC(=O)c1c[nH]c(=O)c2ccccc12)c1nc2ccccc2n1C. The van der Waals surface area contributed by atoms with Gasteiger partial charge in [-0.2, -0.15) is 11.8 Å². The van der Waals surface area contributed by atoms with Gasteiger partial charge in [0.05, 0.1) is 22.6 Å². The molecule has 0 fully saturated rings. The molecular formula is C22H22N4O2S. The van der Waals surface area contributed by atoms with Gasteiger partial charge in [0.25, 0.3) is 11.5 Å². The van der Waals surface area contributed by atoms with Gasteiger partial charge in [-0.15, -0.1) is 0 Å². The van der Waals surface area contributed by atoms with Crippen molar-refractivity contribution in [3.8, 4) is 0 Å². The number of para-hydroxylation sites is 2. The third-order valence-corrected chi connectivity index (χ3v) is 5.75. The zero-order valence-electron chi connectivity index (χ0n) is 16.3. The maximum Gasteiger partial charge on any atom is 0.255 e. The summed E-state index contributed by atoms with van der Waals surface area (Å²) in [5, 5.41) is 4.28. The summed E-state index contributed by atoms with van der Waals surface area (Å²) in [6, 6.07) is 14.8. The average molecular weight is 407 g/mol. The van der Waals surface area contributed by atoms with E-state index < -0.39 is 0 Å². The average Bonchev–Trinajstić information content (AvgIpc) is 3.08. The van der Waals surface area contributed by atoms with Crippen LogP contribution in [0.25, 0.3) is 21.8 Å². The molecule has 7 heteroatoms. The number of hydrogen-bond donors (Lipinski definition) is 2. The number of aromatic nitrogens is 3. The molecule has 6 nitrogen and oxygen atoms in total. The van der Waals surface area contributed by atoms with Crippen molar-refractivity contribution in [2.75, 3.05) is 12.0 Å². The lowest BCUT2D eigenvalue weighted by molar-refractivity contribution is 0.0935. The number of nitrogens with zero attached hydrogens (tertiary/aromatic N) is 2. The molecule has 2 aromatic carbocycles. The van der Waals surface area contributed by atoms with Gasteiger partial charge in [0.1, 0.15) is 5.82 Å². The molecule has 0 aliphatic carbocycles. The number of benzene rings is 2. The maximum absolute atomic E-state index is 13.2. The first-order chi connectivity index (χ1) is 14.1. The van der Waals surface area contributed by atoms with Crippen molar-refractivity contribution >= 4 is 39.5 Å². The van der Waals surface area contributed by atoms with Gasteiger partial charge in [-0.25, -0.2) is 4.98 Å². The van der Waals surface area contributed by atoms with Gasteiger partial charge < -0.3 is 14.9 Å². The fourth-order valence-corrected chi connectivity index (χ4v) is 4.08. The highest BCUT2D eigenvalue weighted by Crippen LogP contribution is 2.24. The Morgan fingerprint density at radius 1 is 1.17 bits per heavy atom. The number of nitrogens with one attached hydrogen (secondary N) is 2. The fraction of sp³-hybridized carbons (Fsp3) is 0.227. The summed E-state index contributed by atoms with van der Waals surface area (Å²) in [4.78, 5) is 32.7. The Balaban J connectivity index is 1.72. The molecule has 2 heterocycles. The van der Waals surface area contributed by atoms with Crippen molar-refractivity contribution in [3.05, 3.63) is 76.5 Å².